The molecule has 0 aliphatic rings. The molecule has 0 fully saturated rings. The average molecular weight is 417 g/mol. The molecular formula is C13H17Br2ClO3. The summed E-state index contributed by atoms with van der Waals surface area (Å²) in [6.45, 7) is 2.51. The topological polar surface area (TPSA) is 27.7 Å². The van der Waals surface area contributed by atoms with Crippen LogP contribution >= 0.6 is 43.5 Å². The second-order valence-corrected chi connectivity index (χ2v) is 5.81. The van der Waals surface area contributed by atoms with E-state index in [2.05, 4.69) is 31.9 Å². The van der Waals surface area contributed by atoms with Gasteiger partial charge in [0.25, 0.3) is 0 Å². The average Bonchev–Trinajstić information content (AvgIpc) is 2.40. The normalized spacial score (nSPS) is 10.7. The van der Waals surface area contributed by atoms with Crippen molar-refractivity contribution in [3.8, 4) is 5.75 Å². The first-order chi connectivity index (χ1) is 9.19. The third kappa shape index (κ3) is 6.45. The van der Waals surface area contributed by atoms with Gasteiger partial charge in [-0.3, -0.25) is 0 Å². The van der Waals surface area contributed by atoms with Crippen molar-refractivity contribution in [2.24, 2.45) is 0 Å². The Hall–Kier alpha value is 0.190. The number of benzene rings is 1. The summed E-state index contributed by atoms with van der Waals surface area (Å²) in [5, 5.41) is 0. The molecular weight excluding hydrogens is 399 g/mol. The molecule has 6 heteroatoms. The Balaban J connectivity index is 2.33. The van der Waals surface area contributed by atoms with E-state index in [0.29, 0.717) is 32.3 Å². The Bertz CT molecular complexity index is 365. The van der Waals surface area contributed by atoms with Gasteiger partial charge in [0.1, 0.15) is 5.75 Å². The van der Waals surface area contributed by atoms with Crippen molar-refractivity contribution in [2.45, 2.75) is 12.3 Å². The van der Waals surface area contributed by atoms with Crippen LogP contribution in [0.25, 0.3) is 0 Å². The standard InChI is InChI=1S/C13H17Br2ClO3/c1-17-5-6-18-3-2-4-19-13-11(14)7-10(9-16)8-12(13)15/h7-8H,2-6,9H2,1H3. The molecule has 0 aromatic heterocycles. The van der Waals surface area contributed by atoms with Gasteiger partial charge in [0, 0.05) is 26.0 Å². The minimum atomic E-state index is 0.477. The molecule has 0 bridgehead atoms. The highest BCUT2D eigenvalue weighted by Crippen LogP contribution is 2.35. The second kappa shape index (κ2) is 10.00. The van der Waals surface area contributed by atoms with Gasteiger partial charge in [0.15, 0.2) is 0 Å². The molecule has 0 unspecified atom stereocenters. The number of rotatable bonds is 9. The Morgan fingerprint density at radius 3 is 2.32 bits per heavy atom. The SMILES string of the molecule is COCCOCCCOc1c(Br)cc(CCl)cc1Br. The smallest absolute Gasteiger partial charge is 0.147 e. The van der Waals surface area contributed by atoms with Crippen LogP contribution in [0.5, 0.6) is 5.75 Å². The third-order valence-electron chi connectivity index (χ3n) is 2.32. The van der Waals surface area contributed by atoms with E-state index < -0.39 is 0 Å². The maximum Gasteiger partial charge on any atom is 0.147 e. The van der Waals surface area contributed by atoms with Crippen molar-refractivity contribution < 1.29 is 14.2 Å². The molecule has 0 amide bonds. The van der Waals surface area contributed by atoms with Crippen LogP contribution in [0.2, 0.25) is 0 Å². The van der Waals surface area contributed by atoms with E-state index in [9.17, 15) is 0 Å². The van der Waals surface area contributed by atoms with E-state index in [-0.39, 0.29) is 0 Å². The first kappa shape index (κ1) is 17.2. The first-order valence-corrected chi connectivity index (χ1v) is 8.04. The molecule has 1 aromatic carbocycles. The first-order valence-electron chi connectivity index (χ1n) is 5.92. The molecule has 0 heterocycles. The summed E-state index contributed by atoms with van der Waals surface area (Å²) in [6.07, 6.45) is 0.833. The van der Waals surface area contributed by atoms with E-state index in [0.717, 1.165) is 26.7 Å². The Morgan fingerprint density at radius 1 is 1.05 bits per heavy atom. The molecule has 19 heavy (non-hydrogen) atoms. The number of alkyl halides is 1. The maximum atomic E-state index is 5.80. The Morgan fingerprint density at radius 2 is 1.74 bits per heavy atom. The quantitative estimate of drug-likeness (QED) is 0.442. The summed E-state index contributed by atoms with van der Waals surface area (Å²) < 4.78 is 17.8. The van der Waals surface area contributed by atoms with E-state index >= 15 is 0 Å². The fraction of sp³-hybridized carbons (Fsp3) is 0.538. The minimum absolute atomic E-state index is 0.477. The zero-order valence-corrected chi connectivity index (χ0v) is 14.7. The molecule has 0 saturated heterocycles. The molecule has 0 N–H and O–H groups in total. The van der Waals surface area contributed by atoms with Crippen LogP contribution in [-0.2, 0) is 15.4 Å². The number of hydrogen-bond donors (Lipinski definition) is 0. The Labute approximate surface area is 135 Å². The number of ether oxygens (including phenoxy) is 3. The summed E-state index contributed by atoms with van der Waals surface area (Å²) in [6, 6.07) is 3.92. The van der Waals surface area contributed by atoms with Gasteiger partial charge >= 0.3 is 0 Å². The monoisotopic (exact) mass is 414 g/mol. The predicted octanol–water partition coefficient (Wildman–Crippen LogP) is 4.38. The van der Waals surface area contributed by atoms with Crippen LogP contribution in [-0.4, -0.2) is 33.5 Å². The summed E-state index contributed by atoms with van der Waals surface area (Å²) in [7, 11) is 1.66. The minimum Gasteiger partial charge on any atom is -0.491 e. The summed E-state index contributed by atoms with van der Waals surface area (Å²) in [4.78, 5) is 0. The van der Waals surface area contributed by atoms with Crippen molar-refractivity contribution in [1.29, 1.82) is 0 Å². The lowest BCUT2D eigenvalue weighted by atomic mass is 10.2. The lowest BCUT2D eigenvalue weighted by molar-refractivity contribution is 0.0643. The zero-order valence-electron chi connectivity index (χ0n) is 10.8. The lowest BCUT2D eigenvalue weighted by Gasteiger charge is -2.11. The van der Waals surface area contributed by atoms with Gasteiger partial charge in [-0.05, 0) is 49.6 Å². The molecule has 1 aromatic rings. The molecule has 0 radical (unpaired) electrons. The number of methoxy groups -OCH3 is 1. The largest absolute Gasteiger partial charge is 0.491 e. The van der Waals surface area contributed by atoms with Crippen molar-refractivity contribution >= 4 is 43.5 Å². The van der Waals surface area contributed by atoms with Crippen molar-refractivity contribution in [1.82, 2.24) is 0 Å². The van der Waals surface area contributed by atoms with E-state index in [1.807, 2.05) is 12.1 Å². The fourth-order valence-corrected chi connectivity index (χ4v) is 3.07. The predicted molar refractivity (Wildman–Crippen MR) is 84.2 cm³/mol. The molecule has 108 valence electrons. The van der Waals surface area contributed by atoms with Crippen LogP contribution < -0.4 is 4.74 Å². The fourth-order valence-electron chi connectivity index (χ4n) is 1.41. The van der Waals surface area contributed by atoms with Crippen LogP contribution in [0.1, 0.15) is 12.0 Å². The van der Waals surface area contributed by atoms with Crippen LogP contribution in [0.4, 0.5) is 0 Å². The van der Waals surface area contributed by atoms with E-state index in [1.54, 1.807) is 7.11 Å². The Kier molecular flexibility index (Phi) is 9.07. The molecule has 0 saturated carbocycles. The molecule has 0 atom stereocenters. The van der Waals surface area contributed by atoms with E-state index in [4.69, 9.17) is 25.8 Å². The van der Waals surface area contributed by atoms with E-state index in [1.165, 1.54) is 0 Å². The zero-order chi connectivity index (χ0) is 14.1. The van der Waals surface area contributed by atoms with Crippen LogP contribution in [0, 0.1) is 0 Å². The lowest BCUT2D eigenvalue weighted by Crippen LogP contribution is -2.07. The summed E-state index contributed by atoms with van der Waals surface area (Å²) >= 11 is 12.8. The van der Waals surface area contributed by atoms with Gasteiger partial charge in [-0.1, -0.05) is 0 Å². The summed E-state index contributed by atoms with van der Waals surface area (Å²) in [5.41, 5.74) is 1.04. The molecule has 0 aliphatic heterocycles. The highest BCUT2D eigenvalue weighted by Gasteiger charge is 2.08. The van der Waals surface area contributed by atoms with Gasteiger partial charge in [-0.15, -0.1) is 11.6 Å². The maximum absolute atomic E-state index is 5.80. The van der Waals surface area contributed by atoms with Crippen molar-refractivity contribution in [3.63, 3.8) is 0 Å². The van der Waals surface area contributed by atoms with Gasteiger partial charge < -0.3 is 14.2 Å². The number of hydrogen-bond acceptors (Lipinski definition) is 3. The summed E-state index contributed by atoms with van der Waals surface area (Å²) in [5.74, 6) is 1.27. The van der Waals surface area contributed by atoms with Crippen LogP contribution in [0.3, 0.4) is 0 Å². The second-order valence-electron chi connectivity index (χ2n) is 3.83. The third-order valence-corrected chi connectivity index (χ3v) is 3.81. The molecule has 0 spiro atoms. The van der Waals surface area contributed by atoms with Gasteiger partial charge in [-0.2, -0.15) is 0 Å². The number of halogens is 3. The van der Waals surface area contributed by atoms with Gasteiger partial charge in [0.05, 0.1) is 28.8 Å². The molecule has 0 aliphatic carbocycles. The highest BCUT2D eigenvalue weighted by atomic mass is 79.9. The molecule has 1 rings (SSSR count). The molecule has 3 nitrogen and oxygen atoms in total. The van der Waals surface area contributed by atoms with Gasteiger partial charge in [0.2, 0.25) is 0 Å². The van der Waals surface area contributed by atoms with Gasteiger partial charge in [-0.25, -0.2) is 0 Å². The van der Waals surface area contributed by atoms with Crippen molar-refractivity contribution in [3.05, 3.63) is 26.6 Å². The highest BCUT2D eigenvalue weighted by molar-refractivity contribution is 9.11. The van der Waals surface area contributed by atoms with Crippen LogP contribution in [0.15, 0.2) is 21.1 Å². The van der Waals surface area contributed by atoms with Crippen molar-refractivity contribution in [2.75, 3.05) is 33.5 Å².